The third-order valence-electron chi connectivity index (χ3n) is 5.68. The zero-order valence-corrected chi connectivity index (χ0v) is 18.1. The van der Waals surface area contributed by atoms with Gasteiger partial charge in [0, 0.05) is 37.1 Å². The summed E-state index contributed by atoms with van der Waals surface area (Å²) in [4.78, 5) is 38.3. The zero-order valence-electron chi connectivity index (χ0n) is 18.1. The molecule has 7 heteroatoms. The Morgan fingerprint density at radius 2 is 1.90 bits per heavy atom. The van der Waals surface area contributed by atoms with E-state index in [-0.39, 0.29) is 0 Å². The van der Waals surface area contributed by atoms with Crippen LogP contribution in [0, 0.1) is 17.3 Å². The van der Waals surface area contributed by atoms with Crippen LogP contribution < -0.4 is 5.32 Å². The van der Waals surface area contributed by atoms with Crippen LogP contribution in [0.5, 0.6) is 0 Å². The van der Waals surface area contributed by atoms with Crippen LogP contribution in [-0.4, -0.2) is 67.1 Å². The molecule has 162 valence electrons. The largest absolute Gasteiger partial charge is 0.388 e. The fraction of sp³-hybridized carbons (Fsp3) is 0.522. The second-order valence-electron chi connectivity index (χ2n) is 8.13. The lowest BCUT2D eigenvalue weighted by Crippen LogP contribution is -2.62. The minimum absolute atomic E-state index is 0.302. The van der Waals surface area contributed by atoms with E-state index in [1.54, 1.807) is 24.3 Å². The van der Waals surface area contributed by atoms with Gasteiger partial charge in [-0.25, -0.2) is 0 Å². The molecule has 0 bridgehead atoms. The van der Waals surface area contributed by atoms with Gasteiger partial charge in [-0.05, 0) is 44.0 Å². The molecule has 0 spiro atoms. The molecule has 2 N–H and O–H groups in total. The highest BCUT2D eigenvalue weighted by Gasteiger charge is 2.46. The fourth-order valence-electron chi connectivity index (χ4n) is 3.32. The number of hydrogen-bond donors (Lipinski definition) is 2. The number of hydrogen-bond acceptors (Lipinski definition) is 5. The number of carbonyl (C=O) groups is 3. The molecule has 1 aromatic rings. The maximum atomic E-state index is 12.8. The van der Waals surface area contributed by atoms with Gasteiger partial charge in [-0.15, -0.1) is 0 Å². The van der Waals surface area contributed by atoms with E-state index in [9.17, 15) is 19.5 Å². The van der Waals surface area contributed by atoms with E-state index in [4.69, 9.17) is 4.74 Å². The standard InChI is InChI=1S/C23H30N2O5/c1-22(15-30-16-22)13-7-5-6-8-17-9-11-18(12-10-17)20(28)25(4)23(2,19(27)14-26)21(29)24-3/h9-12,26H,5,7,13-16H2,1-4H3,(H,24,29)/t23-/m1/s1. The minimum atomic E-state index is -1.80. The molecular formula is C23H30N2O5. The Kier molecular flexibility index (Phi) is 7.77. The van der Waals surface area contributed by atoms with Gasteiger partial charge in [0.2, 0.25) is 0 Å². The third kappa shape index (κ3) is 5.07. The van der Waals surface area contributed by atoms with E-state index in [1.165, 1.54) is 21.0 Å². The maximum Gasteiger partial charge on any atom is 0.254 e. The van der Waals surface area contributed by atoms with Gasteiger partial charge in [-0.2, -0.15) is 0 Å². The van der Waals surface area contributed by atoms with Gasteiger partial charge in [-0.1, -0.05) is 18.8 Å². The molecule has 1 heterocycles. The average Bonchev–Trinajstić information content (AvgIpc) is 2.75. The molecule has 0 radical (unpaired) electrons. The van der Waals surface area contributed by atoms with E-state index >= 15 is 0 Å². The van der Waals surface area contributed by atoms with Crippen molar-refractivity contribution in [3.05, 3.63) is 35.4 Å². The van der Waals surface area contributed by atoms with Gasteiger partial charge >= 0.3 is 0 Å². The van der Waals surface area contributed by atoms with Crippen LogP contribution in [0.3, 0.4) is 0 Å². The van der Waals surface area contributed by atoms with Crippen LogP contribution in [-0.2, 0) is 14.3 Å². The summed E-state index contributed by atoms with van der Waals surface area (Å²) < 4.78 is 5.25. The van der Waals surface area contributed by atoms with Crippen molar-refractivity contribution in [2.75, 3.05) is 33.9 Å². The van der Waals surface area contributed by atoms with E-state index in [1.807, 2.05) is 0 Å². The molecule has 0 aromatic heterocycles. The van der Waals surface area contributed by atoms with Crippen molar-refractivity contribution >= 4 is 17.6 Å². The van der Waals surface area contributed by atoms with Crippen LogP contribution in [0.15, 0.2) is 24.3 Å². The first-order valence-electron chi connectivity index (χ1n) is 9.99. The Balaban J connectivity index is 2.02. The smallest absolute Gasteiger partial charge is 0.254 e. The molecule has 1 fully saturated rings. The molecule has 1 aliphatic rings. The minimum Gasteiger partial charge on any atom is -0.388 e. The monoisotopic (exact) mass is 414 g/mol. The summed E-state index contributed by atoms with van der Waals surface area (Å²) in [5.41, 5.74) is -0.396. The number of carbonyl (C=O) groups excluding carboxylic acids is 3. The Labute approximate surface area is 177 Å². The second-order valence-corrected chi connectivity index (χ2v) is 8.13. The topological polar surface area (TPSA) is 95.9 Å². The molecular weight excluding hydrogens is 384 g/mol. The van der Waals surface area contributed by atoms with E-state index in [0.29, 0.717) is 11.0 Å². The van der Waals surface area contributed by atoms with Crippen LogP contribution in [0.2, 0.25) is 0 Å². The first kappa shape index (κ1) is 23.6. The van der Waals surface area contributed by atoms with Crippen molar-refractivity contribution in [2.45, 2.75) is 38.6 Å². The number of benzene rings is 1. The summed E-state index contributed by atoms with van der Waals surface area (Å²) in [6.45, 7) is 4.35. The molecule has 0 aliphatic carbocycles. The van der Waals surface area contributed by atoms with Crippen molar-refractivity contribution in [1.82, 2.24) is 10.2 Å². The van der Waals surface area contributed by atoms with E-state index < -0.39 is 29.7 Å². The molecule has 1 atom stereocenters. The van der Waals surface area contributed by atoms with E-state index in [0.717, 1.165) is 42.9 Å². The molecule has 0 unspecified atom stereocenters. The maximum absolute atomic E-state index is 12.8. The summed E-state index contributed by atoms with van der Waals surface area (Å²) in [6.07, 6.45) is 2.91. The lowest BCUT2D eigenvalue weighted by molar-refractivity contribution is -0.143. The molecule has 2 rings (SSSR count). The number of aliphatic hydroxyl groups excluding tert-OH is 1. The number of unbranched alkanes of at least 4 members (excludes halogenated alkanes) is 1. The number of nitrogens with one attached hydrogen (secondary N) is 1. The lowest BCUT2D eigenvalue weighted by Gasteiger charge is -2.38. The van der Waals surface area contributed by atoms with Crippen LogP contribution in [0.1, 0.15) is 49.0 Å². The molecule has 30 heavy (non-hydrogen) atoms. The number of amides is 2. The number of rotatable bonds is 8. The Morgan fingerprint density at radius 1 is 1.27 bits per heavy atom. The van der Waals surface area contributed by atoms with Gasteiger partial charge in [0.15, 0.2) is 11.3 Å². The predicted molar refractivity (Wildman–Crippen MR) is 113 cm³/mol. The molecule has 1 aliphatic heterocycles. The van der Waals surface area contributed by atoms with Crippen LogP contribution in [0.4, 0.5) is 0 Å². The Morgan fingerprint density at radius 3 is 2.40 bits per heavy atom. The van der Waals surface area contributed by atoms with Gasteiger partial charge in [0.05, 0.1) is 13.2 Å². The number of nitrogens with zero attached hydrogens (tertiary/aromatic N) is 1. The zero-order chi connectivity index (χ0) is 22.4. The number of likely N-dealkylation sites (N-methyl/N-ethyl adjacent to an activating group) is 2. The highest BCUT2D eigenvalue weighted by Crippen LogP contribution is 2.32. The molecule has 1 saturated heterocycles. The van der Waals surface area contributed by atoms with Crippen molar-refractivity contribution in [2.24, 2.45) is 5.41 Å². The third-order valence-corrected chi connectivity index (χ3v) is 5.68. The lowest BCUT2D eigenvalue weighted by atomic mass is 9.83. The highest BCUT2D eigenvalue weighted by molar-refractivity contribution is 6.14. The number of aliphatic hydroxyl groups is 1. The molecule has 2 amide bonds. The molecule has 7 nitrogen and oxygen atoms in total. The van der Waals surface area contributed by atoms with Gasteiger partial charge in [0.25, 0.3) is 11.8 Å². The highest BCUT2D eigenvalue weighted by atomic mass is 16.5. The summed E-state index contributed by atoms with van der Waals surface area (Å²) >= 11 is 0. The average molecular weight is 415 g/mol. The Hall–Kier alpha value is -2.69. The van der Waals surface area contributed by atoms with Crippen LogP contribution in [0.25, 0.3) is 0 Å². The van der Waals surface area contributed by atoms with Crippen molar-refractivity contribution in [3.63, 3.8) is 0 Å². The van der Waals surface area contributed by atoms with Gasteiger partial charge in [0.1, 0.15) is 6.61 Å². The fourth-order valence-corrected chi connectivity index (χ4v) is 3.32. The summed E-state index contributed by atoms with van der Waals surface area (Å²) in [7, 11) is 2.74. The number of ketones is 1. The normalized spacial score (nSPS) is 16.3. The summed E-state index contributed by atoms with van der Waals surface area (Å²) in [5, 5.41) is 11.6. The predicted octanol–water partition coefficient (Wildman–Crippen LogP) is 1.38. The quantitative estimate of drug-likeness (QED) is 0.381. The van der Waals surface area contributed by atoms with Crippen molar-refractivity contribution < 1.29 is 24.2 Å². The van der Waals surface area contributed by atoms with Crippen molar-refractivity contribution in [3.8, 4) is 11.8 Å². The SMILES string of the molecule is CNC(=O)[C@@](C)(C(=O)CO)N(C)C(=O)c1ccc(C#CCCCC2(C)COC2)cc1. The number of Topliss-reactive ketones (excluding diaryl/α,β-unsaturated/α-hetero) is 1. The summed E-state index contributed by atoms with van der Waals surface area (Å²) in [6, 6.07) is 6.70. The van der Waals surface area contributed by atoms with Gasteiger partial charge < -0.3 is 20.1 Å². The first-order chi connectivity index (χ1) is 14.2. The first-order valence-corrected chi connectivity index (χ1v) is 9.99. The summed E-state index contributed by atoms with van der Waals surface area (Å²) in [5.74, 6) is 4.31. The second kappa shape index (κ2) is 9.88. The van der Waals surface area contributed by atoms with E-state index in [2.05, 4.69) is 24.1 Å². The number of ether oxygens (including phenoxy) is 1. The Bertz CT molecular complexity index is 831. The van der Waals surface area contributed by atoms with Crippen LogP contribution >= 0.6 is 0 Å². The molecule has 1 aromatic carbocycles. The molecule has 0 saturated carbocycles. The van der Waals surface area contributed by atoms with Gasteiger partial charge in [-0.3, -0.25) is 14.4 Å². The van der Waals surface area contributed by atoms with Crippen molar-refractivity contribution in [1.29, 1.82) is 0 Å².